The summed E-state index contributed by atoms with van der Waals surface area (Å²) in [5.41, 5.74) is 2.14. The average Bonchev–Trinajstić information content (AvgIpc) is 2.58. The number of halogens is 2. The van der Waals surface area contributed by atoms with Crippen LogP contribution in [0.1, 0.15) is 36.0 Å². The predicted octanol–water partition coefficient (Wildman–Crippen LogP) is 4.74. The molecule has 2 aromatic rings. The number of hydrogen-bond donors (Lipinski definition) is 1. The number of fused-ring (bicyclic) bond motifs is 1. The van der Waals surface area contributed by atoms with Crippen LogP contribution in [-0.2, 0) is 18.4 Å². The van der Waals surface area contributed by atoms with Crippen LogP contribution in [0.5, 0.6) is 0 Å². The van der Waals surface area contributed by atoms with Crippen LogP contribution in [0, 0.1) is 5.82 Å². The fourth-order valence-corrected chi connectivity index (χ4v) is 3.81. The number of aryl methyl sites for hydroxylation is 1. The third kappa shape index (κ3) is 3.19. The van der Waals surface area contributed by atoms with Gasteiger partial charge in [0.1, 0.15) is 5.82 Å². The summed E-state index contributed by atoms with van der Waals surface area (Å²) in [7, 11) is 0. The van der Waals surface area contributed by atoms with Crippen LogP contribution in [0.2, 0.25) is 0 Å². The van der Waals surface area contributed by atoms with E-state index in [0.29, 0.717) is 10.9 Å². The third-order valence-electron chi connectivity index (χ3n) is 4.22. The summed E-state index contributed by atoms with van der Waals surface area (Å²) in [6.45, 7) is 0. The lowest BCUT2D eigenvalue weighted by Gasteiger charge is -2.29. The summed E-state index contributed by atoms with van der Waals surface area (Å²) in [6.07, 6.45) is 4.25. The minimum atomic E-state index is -0.902. The van der Waals surface area contributed by atoms with Crippen LogP contribution in [0.25, 0.3) is 0 Å². The molecule has 0 aliphatic heterocycles. The van der Waals surface area contributed by atoms with Gasteiger partial charge in [0.2, 0.25) is 0 Å². The van der Waals surface area contributed by atoms with Gasteiger partial charge in [0.15, 0.2) is 0 Å². The van der Waals surface area contributed by atoms with Crippen molar-refractivity contribution in [3.8, 4) is 0 Å². The van der Waals surface area contributed by atoms with E-state index in [1.807, 2.05) is 24.3 Å². The monoisotopic (exact) mass is 348 g/mol. The molecule has 0 radical (unpaired) electrons. The zero-order valence-electron chi connectivity index (χ0n) is 11.8. The fraction of sp³-hybridized carbons (Fsp3) is 0.333. The van der Waals surface area contributed by atoms with E-state index in [2.05, 4.69) is 22.0 Å². The van der Waals surface area contributed by atoms with Gasteiger partial charge >= 0.3 is 0 Å². The Kier molecular flexibility index (Phi) is 4.14. The van der Waals surface area contributed by atoms with Crippen molar-refractivity contribution < 1.29 is 9.50 Å². The average molecular weight is 349 g/mol. The van der Waals surface area contributed by atoms with Crippen LogP contribution < -0.4 is 0 Å². The zero-order valence-corrected chi connectivity index (χ0v) is 13.4. The maximum atomic E-state index is 13.6. The van der Waals surface area contributed by atoms with Crippen molar-refractivity contribution in [2.45, 2.75) is 37.7 Å². The highest BCUT2D eigenvalue weighted by Gasteiger charge is 2.33. The number of benzene rings is 2. The van der Waals surface area contributed by atoms with Crippen LogP contribution in [-0.4, -0.2) is 5.11 Å². The molecular weight excluding hydrogens is 331 g/mol. The standard InChI is InChI=1S/C18H18BrFO/c19-15-9-13(10-16(20)11-15)12-18(21)8-4-3-6-14-5-1-2-7-17(14)18/h1-2,5,7,9-11,21H,3-4,6,8,12H2. The Morgan fingerprint density at radius 2 is 1.95 bits per heavy atom. The summed E-state index contributed by atoms with van der Waals surface area (Å²) >= 11 is 3.32. The Bertz CT molecular complexity index is 635. The van der Waals surface area contributed by atoms with Crippen molar-refractivity contribution in [2.75, 3.05) is 0 Å². The minimum Gasteiger partial charge on any atom is -0.385 e. The molecule has 1 N–H and O–H groups in total. The maximum Gasteiger partial charge on any atom is 0.124 e. The first-order chi connectivity index (χ1) is 10.1. The summed E-state index contributed by atoms with van der Waals surface area (Å²) < 4.78 is 14.3. The van der Waals surface area contributed by atoms with Crippen molar-refractivity contribution in [3.05, 3.63) is 69.4 Å². The van der Waals surface area contributed by atoms with E-state index in [1.165, 1.54) is 17.7 Å². The lowest BCUT2D eigenvalue weighted by Crippen LogP contribution is -2.29. The molecule has 1 unspecified atom stereocenters. The fourth-order valence-electron chi connectivity index (χ4n) is 3.29. The Hall–Kier alpha value is -1.19. The van der Waals surface area contributed by atoms with Gasteiger partial charge in [-0.05, 0) is 60.6 Å². The number of hydrogen-bond acceptors (Lipinski definition) is 1. The summed E-state index contributed by atoms with van der Waals surface area (Å²) in [5.74, 6) is -0.273. The van der Waals surface area contributed by atoms with Crippen molar-refractivity contribution in [1.29, 1.82) is 0 Å². The predicted molar refractivity (Wildman–Crippen MR) is 85.7 cm³/mol. The molecule has 1 aliphatic carbocycles. The lowest BCUT2D eigenvalue weighted by molar-refractivity contribution is 0.0271. The normalized spacial score (nSPS) is 21.7. The van der Waals surface area contributed by atoms with Gasteiger partial charge in [0.25, 0.3) is 0 Å². The third-order valence-corrected chi connectivity index (χ3v) is 4.68. The topological polar surface area (TPSA) is 20.2 Å². The first-order valence-corrected chi connectivity index (χ1v) is 8.12. The smallest absolute Gasteiger partial charge is 0.124 e. The molecule has 0 bridgehead atoms. The molecule has 1 nitrogen and oxygen atoms in total. The molecule has 1 aliphatic rings. The van der Waals surface area contributed by atoms with E-state index < -0.39 is 5.60 Å². The van der Waals surface area contributed by atoms with E-state index in [4.69, 9.17) is 0 Å². The molecule has 0 fully saturated rings. The van der Waals surface area contributed by atoms with Gasteiger partial charge in [0, 0.05) is 10.9 Å². The van der Waals surface area contributed by atoms with E-state index in [1.54, 1.807) is 0 Å². The minimum absolute atomic E-state index is 0.273. The van der Waals surface area contributed by atoms with Gasteiger partial charge in [-0.25, -0.2) is 4.39 Å². The van der Waals surface area contributed by atoms with Crippen LogP contribution in [0.3, 0.4) is 0 Å². The molecule has 21 heavy (non-hydrogen) atoms. The van der Waals surface area contributed by atoms with E-state index in [9.17, 15) is 9.50 Å². The number of rotatable bonds is 2. The van der Waals surface area contributed by atoms with Gasteiger partial charge in [-0.15, -0.1) is 0 Å². The highest BCUT2D eigenvalue weighted by atomic mass is 79.9. The van der Waals surface area contributed by atoms with Gasteiger partial charge in [-0.2, -0.15) is 0 Å². The van der Waals surface area contributed by atoms with Gasteiger partial charge < -0.3 is 5.11 Å². The molecule has 0 saturated heterocycles. The second-order valence-corrected chi connectivity index (χ2v) is 6.77. The quantitative estimate of drug-likeness (QED) is 0.776. The first-order valence-electron chi connectivity index (χ1n) is 7.33. The molecule has 0 spiro atoms. The van der Waals surface area contributed by atoms with Crippen molar-refractivity contribution in [3.63, 3.8) is 0 Å². The highest BCUT2D eigenvalue weighted by molar-refractivity contribution is 9.10. The summed E-state index contributed by atoms with van der Waals surface area (Å²) in [5, 5.41) is 11.2. The SMILES string of the molecule is OC1(Cc2cc(F)cc(Br)c2)CCCCc2ccccc21. The Morgan fingerprint density at radius 3 is 2.76 bits per heavy atom. The second kappa shape index (κ2) is 5.90. The van der Waals surface area contributed by atoms with Crippen molar-refractivity contribution in [1.82, 2.24) is 0 Å². The molecule has 0 heterocycles. The van der Waals surface area contributed by atoms with Crippen LogP contribution in [0.4, 0.5) is 4.39 Å². The molecule has 2 aromatic carbocycles. The van der Waals surface area contributed by atoms with Gasteiger partial charge in [0.05, 0.1) is 5.60 Å². The zero-order chi connectivity index (χ0) is 14.9. The summed E-state index contributed by atoms with van der Waals surface area (Å²) in [4.78, 5) is 0. The first kappa shape index (κ1) is 14.7. The summed E-state index contributed by atoms with van der Waals surface area (Å²) in [6, 6.07) is 12.9. The molecule has 110 valence electrons. The Morgan fingerprint density at radius 1 is 1.14 bits per heavy atom. The largest absolute Gasteiger partial charge is 0.385 e. The van der Waals surface area contributed by atoms with Gasteiger partial charge in [-0.1, -0.05) is 40.2 Å². The van der Waals surface area contributed by atoms with Crippen LogP contribution in [0.15, 0.2) is 46.9 Å². The lowest BCUT2D eigenvalue weighted by atomic mass is 9.83. The van der Waals surface area contributed by atoms with Crippen LogP contribution >= 0.6 is 15.9 Å². The highest BCUT2D eigenvalue weighted by Crippen LogP contribution is 2.37. The van der Waals surface area contributed by atoms with E-state index in [0.717, 1.165) is 36.8 Å². The number of aliphatic hydroxyl groups is 1. The molecule has 1 atom stereocenters. The Balaban J connectivity index is 1.99. The van der Waals surface area contributed by atoms with E-state index in [-0.39, 0.29) is 5.82 Å². The maximum absolute atomic E-state index is 13.6. The molecular formula is C18H18BrFO. The molecule has 0 amide bonds. The molecule has 3 heteroatoms. The van der Waals surface area contributed by atoms with Crippen molar-refractivity contribution in [2.24, 2.45) is 0 Å². The van der Waals surface area contributed by atoms with Gasteiger partial charge in [-0.3, -0.25) is 0 Å². The molecule has 0 aromatic heterocycles. The van der Waals surface area contributed by atoms with Crippen molar-refractivity contribution >= 4 is 15.9 Å². The van der Waals surface area contributed by atoms with E-state index >= 15 is 0 Å². The molecule has 3 rings (SSSR count). The molecule has 0 saturated carbocycles. The Labute approximate surface area is 132 Å². The second-order valence-electron chi connectivity index (χ2n) is 5.85.